The zero-order chi connectivity index (χ0) is 20.6. The van der Waals surface area contributed by atoms with E-state index in [1.807, 2.05) is 13.8 Å². The number of hydrogen-bond acceptors (Lipinski definition) is 5. The van der Waals surface area contributed by atoms with Crippen molar-refractivity contribution in [2.45, 2.75) is 51.5 Å². The lowest BCUT2D eigenvalue weighted by Gasteiger charge is -2.19. The van der Waals surface area contributed by atoms with Gasteiger partial charge in [-0.25, -0.2) is 13.2 Å². The lowest BCUT2D eigenvalue weighted by Crippen LogP contribution is -2.35. The number of amides is 1. The molecule has 1 N–H and O–H groups in total. The molecule has 0 unspecified atom stereocenters. The first-order chi connectivity index (χ1) is 12.7. The van der Waals surface area contributed by atoms with E-state index in [1.54, 1.807) is 13.8 Å². The fourth-order valence-electron chi connectivity index (χ4n) is 2.56. The molecule has 7 nitrogen and oxygen atoms in total. The van der Waals surface area contributed by atoms with Crippen LogP contribution >= 0.6 is 11.6 Å². The third-order valence-corrected chi connectivity index (χ3v) is 6.34. The Balaban J connectivity index is 2.91. The summed E-state index contributed by atoms with van der Waals surface area (Å²) in [5.74, 6) is -1.28. The molecule has 152 valence electrons. The first-order valence-electron chi connectivity index (χ1n) is 8.93. The molecule has 0 saturated heterocycles. The molecule has 0 aliphatic carbocycles. The van der Waals surface area contributed by atoms with Gasteiger partial charge in [0.05, 0.1) is 15.5 Å². The molecular weight excluding hydrogens is 392 g/mol. The Morgan fingerprint density at radius 2 is 1.85 bits per heavy atom. The highest BCUT2D eigenvalue weighted by molar-refractivity contribution is 7.89. The number of hydrogen-bond donors (Lipinski definition) is 1. The van der Waals surface area contributed by atoms with Crippen LogP contribution in [0.5, 0.6) is 0 Å². The molecular formula is C18H27ClN2O5S. The minimum Gasteiger partial charge on any atom is -0.452 e. The Labute approximate surface area is 166 Å². The second kappa shape index (κ2) is 10.6. The predicted molar refractivity (Wildman–Crippen MR) is 104 cm³/mol. The zero-order valence-electron chi connectivity index (χ0n) is 16.1. The molecule has 27 heavy (non-hydrogen) atoms. The highest BCUT2D eigenvalue weighted by atomic mass is 35.5. The fourth-order valence-corrected chi connectivity index (χ4v) is 4.24. The quantitative estimate of drug-likeness (QED) is 0.590. The molecule has 0 spiro atoms. The lowest BCUT2D eigenvalue weighted by atomic mass is 10.2. The van der Waals surface area contributed by atoms with Crippen molar-refractivity contribution in [2.24, 2.45) is 0 Å². The van der Waals surface area contributed by atoms with Gasteiger partial charge in [-0.05, 0) is 31.5 Å². The van der Waals surface area contributed by atoms with Crippen LogP contribution in [0.25, 0.3) is 0 Å². The summed E-state index contributed by atoms with van der Waals surface area (Å²) in [6.07, 6.45) is 1.74. The molecule has 9 heteroatoms. The molecule has 1 aromatic rings. The van der Waals surface area contributed by atoms with E-state index in [9.17, 15) is 18.0 Å². The first-order valence-corrected chi connectivity index (χ1v) is 10.7. The van der Waals surface area contributed by atoms with Crippen molar-refractivity contribution in [3.8, 4) is 0 Å². The van der Waals surface area contributed by atoms with E-state index in [4.69, 9.17) is 16.3 Å². The molecule has 0 aromatic heterocycles. The number of sulfonamides is 1. The molecule has 0 radical (unpaired) electrons. The number of ether oxygens (including phenoxy) is 1. The maximum absolute atomic E-state index is 12.6. The largest absolute Gasteiger partial charge is 0.452 e. The normalized spacial score (nSPS) is 12.7. The van der Waals surface area contributed by atoms with Crippen molar-refractivity contribution < 1.29 is 22.7 Å². The van der Waals surface area contributed by atoms with E-state index in [1.165, 1.54) is 22.5 Å². The summed E-state index contributed by atoms with van der Waals surface area (Å²) in [5, 5.41) is 2.77. The van der Waals surface area contributed by atoms with Gasteiger partial charge in [0.2, 0.25) is 10.0 Å². The number of carbonyl (C=O) groups excluding carboxylic acids is 2. The van der Waals surface area contributed by atoms with Crippen molar-refractivity contribution in [3.05, 3.63) is 28.8 Å². The van der Waals surface area contributed by atoms with Gasteiger partial charge in [0.1, 0.15) is 0 Å². The number of carbonyl (C=O) groups is 2. The molecule has 0 heterocycles. The van der Waals surface area contributed by atoms with E-state index >= 15 is 0 Å². The monoisotopic (exact) mass is 418 g/mol. The predicted octanol–water partition coefficient (Wildman–Crippen LogP) is 2.83. The van der Waals surface area contributed by atoms with Gasteiger partial charge < -0.3 is 10.1 Å². The van der Waals surface area contributed by atoms with Crippen LogP contribution in [0.3, 0.4) is 0 Å². The van der Waals surface area contributed by atoms with Gasteiger partial charge >= 0.3 is 5.97 Å². The van der Waals surface area contributed by atoms with Gasteiger partial charge in [0.15, 0.2) is 6.61 Å². The Kier molecular flexibility index (Phi) is 9.21. The molecule has 1 amide bonds. The lowest BCUT2D eigenvalue weighted by molar-refractivity contribution is -0.124. The Bertz CT molecular complexity index is 763. The maximum Gasteiger partial charge on any atom is 0.340 e. The summed E-state index contributed by atoms with van der Waals surface area (Å²) < 4.78 is 31.5. The molecule has 0 saturated carbocycles. The van der Waals surface area contributed by atoms with Gasteiger partial charge in [-0.2, -0.15) is 4.31 Å². The average Bonchev–Trinajstić information content (AvgIpc) is 2.60. The van der Waals surface area contributed by atoms with Gasteiger partial charge in [-0.1, -0.05) is 38.8 Å². The summed E-state index contributed by atoms with van der Waals surface area (Å²) in [6, 6.07) is 3.83. The summed E-state index contributed by atoms with van der Waals surface area (Å²) in [6.45, 7) is 7.46. The van der Waals surface area contributed by atoms with Gasteiger partial charge in [0.25, 0.3) is 5.91 Å². The first kappa shape index (κ1) is 23.4. The zero-order valence-corrected chi connectivity index (χ0v) is 17.7. The van der Waals surface area contributed by atoms with Crippen molar-refractivity contribution in [3.63, 3.8) is 0 Å². The van der Waals surface area contributed by atoms with Crippen LogP contribution in [0, 0.1) is 0 Å². The highest BCUT2D eigenvalue weighted by Crippen LogP contribution is 2.23. The second-order valence-electron chi connectivity index (χ2n) is 6.06. The molecule has 1 atom stereocenters. The van der Waals surface area contributed by atoms with Crippen LogP contribution in [0.15, 0.2) is 23.1 Å². The van der Waals surface area contributed by atoms with Crippen molar-refractivity contribution in [2.75, 3.05) is 19.7 Å². The third kappa shape index (κ3) is 6.48. The number of benzene rings is 1. The molecule has 0 bridgehead atoms. The maximum atomic E-state index is 12.6. The summed E-state index contributed by atoms with van der Waals surface area (Å²) in [4.78, 5) is 24.0. The van der Waals surface area contributed by atoms with Crippen LogP contribution in [0.2, 0.25) is 5.02 Å². The van der Waals surface area contributed by atoms with Crippen LogP contribution in [0.1, 0.15) is 50.9 Å². The minimum atomic E-state index is -3.74. The Hall–Kier alpha value is -1.64. The summed E-state index contributed by atoms with van der Waals surface area (Å²) >= 11 is 6.02. The Morgan fingerprint density at radius 1 is 1.22 bits per heavy atom. The van der Waals surface area contributed by atoms with Crippen molar-refractivity contribution >= 4 is 33.5 Å². The number of nitrogens with one attached hydrogen (secondary N) is 1. The molecule has 0 aliphatic rings. The van der Waals surface area contributed by atoms with Gasteiger partial charge in [0, 0.05) is 19.1 Å². The number of halogens is 1. The van der Waals surface area contributed by atoms with E-state index in [0.717, 1.165) is 12.8 Å². The Morgan fingerprint density at radius 3 is 2.41 bits per heavy atom. The van der Waals surface area contributed by atoms with E-state index in [-0.39, 0.29) is 21.5 Å². The van der Waals surface area contributed by atoms with Crippen LogP contribution in [-0.4, -0.2) is 50.3 Å². The van der Waals surface area contributed by atoms with Crippen LogP contribution < -0.4 is 5.32 Å². The fraction of sp³-hybridized carbons (Fsp3) is 0.556. The standard InChI is InChI=1S/C18H27ClN2O5S/c1-5-8-13(4)20-17(22)12-26-18(23)15-11-14(9-10-16(15)19)27(24,25)21(6-2)7-3/h9-11,13H,5-8,12H2,1-4H3,(H,20,22)/t13-/m0/s1. The van der Waals surface area contributed by atoms with Crippen LogP contribution in [0.4, 0.5) is 0 Å². The average molecular weight is 419 g/mol. The van der Waals surface area contributed by atoms with Gasteiger partial charge in [-0.15, -0.1) is 0 Å². The molecule has 0 aliphatic heterocycles. The van der Waals surface area contributed by atoms with E-state index in [2.05, 4.69) is 5.32 Å². The summed E-state index contributed by atoms with van der Waals surface area (Å²) in [5.41, 5.74) is -0.0979. The topological polar surface area (TPSA) is 92.8 Å². The number of esters is 1. The second-order valence-corrected chi connectivity index (χ2v) is 8.41. The molecule has 1 aromatic carbocycles. The van der Waals surface area contributed by atoms with E-state index in [0.29, 0.717) is 13.1 Å². The minimum absolute atomic E-state index is 0.0210. The van der Waals surface area contributed by atoms with Crippen molar-refractivity contribution in [1.82, 2.24) is 9.62 Å². The molecule has 0 fully saturated rings. The third-order valence-electron chi connectivity index (χ3n) is 3.96. The van der Waals surface area contributed by atoms with E-state index < -0.39 is 28.5 Å². The summed E-state index contributed by atoms with van der Waals surface area (Å²) in [7, 11) is -3.74. The number of nitrogens with zero attached hydrogens (tertiary/aromatic N) is 1. The van der Waals surface area contributed by atoms with Crippen molar-refractivity contribution in [1.29, 1.82) is 0 Å². The van der Waals surface area contributed by atoms with Crippen LogP contribution in [-0.2, 0) is 19.6 Å². The highest BCUT2D eigenvalue weighted by Gasteiger charge is 2.24. The SMILES string of the molecule is CCC[C@H](C)NC(=O)COC(=O)c1cc(S(=O)(=O)N(CC)CC)ccc1Cl. The number of rotatable bonds is 10. The van der Waals surface area contributed by atoms with Gasteiger partial charge in [-0.3, -0.25) is 4.79 Å². The molecule has 1 rings (SSSR count). The smallest absolute Gasteiger partial charge is 0.340 e.